The standard InChI is InChI=1S/C44H34N4O/c1-44(2,3)30-22-24-46-43(26-30)48-37-18-6-4-15-32(37)34-27-35-33-16-5-8-20-41(33)49-42-21-9-7-19-38(42)47(39(35)28-40(34)48)31-14-12-13-29(25-31)36-17-10-11-23-45-36/h4-28H,1-3H3. The molecular formula is C44H34N4O. The van der Waals surface area contributed by atoms with E-state index in [1.54, 1.807) is 0 Å². The Morgan fingerprint density at radius 1 is 0.490 bits per heavy atom. The summed E-state index contributed by atoms with van der Waals surface area (Å²) < 4.78 is 11.4. The van der Waals surface area contributed by atoms with Crippen molar-refractivity contribution in [2.24, 2.45) is 0 Å². The van der Waals surface area contributed by atoms with Crippen molar-refractivity contribution in [3.05, 3.63) is 157 Å². The molecule has 236 valence electrons. The molecule has 5 nitrogen and oxygen atoms in total. The van der Waals surface area contributed by atoms with E-state index in [2.05, 4.69) is 144 Å². The number of hydrogen-bond donors (Lipinski definition) is 0. The minimum Gasteiger partial charge on any atom is -0.455 e. The minimum absolute atomic E-state index is 0.0192. The smallest absolute Gasteiger partial charge is 0.151 e. The van der Waals surface area contributed by atoms with Gasteiger partial charge in [-0.15, -0.1) is 0 Å². The number of para-hydroxylation sites is 4. The fourth-order valence-electron chi connectivity index (χ4n) is 7.03. The highest BCUT2D eigenvalue weighted by Gasteiger charge is 2.20. The number of rotatable bonds is 3. The molecule has 0 aliphatic heterocycles. The van der Waals surface area contributed by atoms with Crippen LogP contribution in [-0.4, -0.2) is 19.1 Å². The first kappa shape index (κ1) is 29.0. The van der Waals surface area contributed by atoms with Crippen molar-refractivity contribution >= 4 is 54.8 Å². The Bertz CT molecular complexity index is 2760. The molecule has 0 spiro atoms. The molecule has 5 heteroatoms. The molecule has 0 radical (unpaired) electrons. The lowest BCUT2D eigenvalue weighted by Gasteiger charge is -2.20. The van der Waals surface area contributed by atoms with E-state index in [0.717, 1.165) is 72.2 Å². The maximum absolute atomic E-state index is 6.76. The summed E-state index contributed by atoms with van der Waals surface area (Å²) >= 11 is 0. The van der Waals surface area contributed by atoms with Gasteiger partial charge in [-0.25, -0.2) is 4.98 Å². The molecule has 0 saturated heterocycles. The normalized spacial score (nSPS) is 12.0. The Labute approximate surface area is 284 Å². The van der Waals surface area contributed by atoms with Gasteiger partial charge in [-0.1, -0.05) is 87.5 Å². The number of nitrogens with zero attached hydrogens (tertiary/aromatic N) is 4. The molecule has 9 aromatic rings. The molecule has 9 rings (SSSR count). The number of aromatic nitrogens is 4. The second-order valence-corrected chi connectivity index (χ2v) is 13.6. The zero-order chi connectivity index (χ0) is 33.1. The van der Waals surface area contributed by atoms with Gasteiger partial charge in [-0.05, 0) is 83.8 Å². The van der Waals surface area contributed by atoms with Crippen LogP contribution in [0.25, 0.3) is 77.5 Å². The van der Waals surface area contributed by atoms with Crippen LogP contribution in [0.4, 0.5) is 0 Å². The number of hydrogen-bond acceptors (Lipinski definition) is 3. The third kappa shape index (κ3) is 4.85. The number of pyridine rings is 2. The maximum Gasteiger partial charge on any atom is 0.151 e. The van der Waals surface area contributed by atoms with Gasteiger partial charge < -0.3 is 8.98 Å². The van der Waals surface area contributed by atoms with Gasteiger partial charge in [0.1, 0.15) is 11.4 Å². The van der Waals surface area contributed by atoms with Crippen LogP contribution in [0.3, 0.4) is 0 Å². The summed E-state index contributed by atoms with van der Waals surface area (Å²) in [6.07, 6.45) is 3.77. The van der Waals surface area contributed by atoms with Gasteiger partial charge in [0, 0.05) is 45.2 Å². The Morgan fingerprint density at radius 2 is 1.20 bits per heavy atom. The lowest BCUT2D eigenvalue weighted by atomic mass is 9.88. The van der Waals surface area contributed by atoms with Crippen molar-refractivity contribution < 1.29 is 4.42 Å². The molecule has 0 amide bonds. The van der Waals surface area contributed by atoms with Gasteiger partial charge in [-0.3, -0.25) is 9.55 Å². The monoisotopic (exact) mass is 634 g/mol. The van der Waals surface area contributed by atoms with E-state index < -0.39 is 0 Å². The predicted molar refractivity (Wildman–Crippen MR) is 202 cm³/mol. The van der Waals surface area contributed by atoms with Crippen LogP contribution < -0.4 is 0 Å². The van der Waals surface area contributed by atoms with Gasteiger partial charge in [0.05, 0.1) is 27.8 Å². The second-order valence-electron chi connectivity index (χ2n) is 13.6. The molecule has 0 bridgehead atoms. The van der Waals surface area contributed by atoms with Gasteiger partial charge >= 0.3 is 0 Å². The van der Waals surface area contributed by atoms with E-state index in [-0.39, 0.29) is 5.41 Å². The highest BCUT2D eigenvalue weighted by atomic mass is 16.3. The molecule has 0 atom stereocenters. The topological polar surface area (TPSA) is 48.8 Å². The summed E-state index contributed by atoms with van der Waals surface area (Å²) in [5, 5.41) is 4.44. The third-order valence-electron chi connectivity index (χ3n) is 9.44. The van der Waals surface area contributed by atoms with Gasteiger partial charge in [0.15, 0.2) is 5.58 Å². The van der Waals surface area contributed by atoms with Crippen LogP contribution in [0, 0.1) is 0 Å². The summed E-state index contributed by atoms with van der Waals surface area (Å²) in [6, 6.07) is 48.9. The minimum atomic E-state index is -0.0192. The fraction of sp³-hybridized carbons (Fsp3) is 0.0909. The molecule has 0 aliphatic rings. The maximum atomic E-state index is 6.76. The average molecular weight is 635 g/mol. The van der Waals surface area contributed by atoms with Crippen LogP contribution in [0.1, 0.15) is 26.3 Å². The average Bonchev–Trinajstić information content (AvgIpc) is 3.45. The molecule has 49 heavy (non-hydrogen) atoms. The molecular weight excluding hydrogens is 601 g/mol. The first-order chi connectivity index (χ1) is 23.9. The second kappa shape index (κ2) is 11.2. The Hall–Kier alpha value is -6.20. The van der Waals surface area contributed by atoms with E-state index in [1.807, 2.05) is 42.7 Å². The van der Waals surface area contributed by atoms with Crippen LogP contribution in [-0.2, 0) is 5.41 Å². The number of benzene rings is 5. The molecule has 0 N–H and O–H groups in total. The summed E-state index contributed by atoms with van der Waals surface area (Å²) in [5.74, 6) is 0.900. The van der Waals surface area contributed by atoms with Gasteiger partial charge in [0.25, 0.3) is 0 Å². The van der Waals surface area contributed by atoms with Crippen molar-refractivity contribution in [2.75, 3.05) is 0 Å². The first-order valence-electron chi connectivity index (χ1n) is 16.7. The van der Waals surface area contributed by atoms with E-state index in [1.165, 1.54) is 10.9 Å². The molecule has 0 unspecified atom stereocenters. The number of fused-ring (bicyclic) bond motifs is 7. The van der Waals surface area contributed by atoms with Crippen molar-refractivity contribution in [1.29, 1.82) is 0 Å². The lowest BCUT2D eigenvalue weighted by molar-refractivity contribution is 0.588. The van der Waals surface area contributed by atoms with Crippen molar-refractivity contribution in [3.63, 3.8) is 0 Å². The van der Waals surface area contributed by atoms with Crippen LogP contribution >= 0.6 is 0 Å². The van der Waals surface area contributed by atoms with E-state index in [9.17, 15) is 0 Å². The van der Waals surface area contributed by atoms with Crippen LogP contribution in [0.5, 0.6) is 0 Å². The van der Waals surface area contributed by atoms with Crippen molar-refractivity contribution in [2.45, 2.75) is 26.2 Å². The molecule has 4 heterocycles. The predicted octanol–water partition coefficient (Wildman–Crippen LogP) is 11.5. The fourth-order valence-corrected chi connectivity index (χ4v) is 7.03. The Morgan fingerprint density at radius 3 is 2.02 bits per heavy atom. The Kier molecular flexibility index (Phi) is 6.63. The van der Waals surface area contributed by atoms with E-state index >= 15 is 0 Å². The highest BCUT2D eigenvalue weighted by molar-refractivity contribution is 6.17. The van der Waals surface area contributed by atoms with E-state index in [0.29, 0.717) is 0 Å². The highest BCUT2D eigenvalue weighted by Crippen LogP contribution is 2.38. The van der Waals surface area contributed by atoms with Crippen molar-refractivity contribution in [3.8, 4) is 22.8 Å². The van der Waals surface area contributed by atoms with Crippen LogP contribution in [0.15, 0.2) is 156 Å². The van der Waals surface area contributed by atoms with Gasteiger partial charge in [-0.2, -0.15) is 0 Å². The largest absolute Gasteiger partial charge is 0.455 e. The van der Waals surface area contributed by atoms with Gasteiger partial charge in [0.2, 0.25) is 0 Å². The zero-order valence-electron chi connectivity index (χ0n) is 27.6. The zero-order valence-corrected chi connectivity index (χ0v) is 27.6. The van der Waals surface area contributed by atoms with E-state index in [4.69, 9.17) is 9.40 Å². The summed E-state index contributed by atoms with van der Waals surface area (Å²) in [4.78, 5) is 9.63. The summed E-state index contributed by atoms with van der Waals surface area (Å²) in [7, 11) is 0. The summed E-state index contributed by atoms with van der Waals surface area (Å²) in [6.45, 7) is 6.73. The lowest BCUT2D eigenvalue weighted by Crippen LogP contribution is -2.12. The molecule has 0 aliphatic carbocycles. The SMILES string of the molecule is CC(C)(C)c1ccnc(-n2c3ccccc3c3cc4c5ccccc5oc5ccccc5n(-c5cccc(-c6ccccn6)c5)c4cc32)c1. The summed E-state index contributed by atoms with van der Waals surface area (Å²) in [5.41, 5.74) is 9.99. The third-order valence-corrected chi connectivity index (χ3v) is 9.44. The Balaban J connectivity index is 1.50. The van der Waals surface area contributed by atoms with Crippen LogP contribution in [0.2, 0.25) is 0 Å². The molecule has 4 aromatic heterocycles. The molecule has 5 aromatic carbocycles. The quantitative estimate of drug-likeness (QED) is 0.194. The molecule has 0 saturated carbocycles. The first-order valence-corrected chi connectivity index (χ1v) is 16.7. The van der Waals surface area contributed by atoms with Crippen molar-refractivity contribution in [1.82, 2.24) is 19.1 Å². The molecule has 0 fully saturated rings.